The van der Waals surface area contributed by atoms with Crippen LogP contribution in [0.1, 0.15) is 31.7 Å². The Bertz CT molecular complexity index is 588. The van der Waals surface area contributed by atoms with Gasteiger partial charge in [-0.3, -0.25) is 9.48 Å². The lowest BCUT2D eigenvalue weighted by molar-refractivity contribution is -0.137. The van der Waals surface area contributed by atoms with Gasteiger partial charge in [0.05, 0.1) is 24.4 Å². The molecule has 8 heteroatoms. The average Bonchev–Trinajstić information content (AvgIpc) is 2.63. The third-order valence-corrected chi connectivity index (χ3v) is 5.46. The molecule has 0 radical (unpaired) electrons. The van der Waals surface area contributed by atoms with Gasteiger partial charge in [0, 0.05) is 13.1 Å². The highest BCUT2D eigenvalue weighted by Crippen LogP contribution is 2.23. The number of aromatic nitrogens is 2. The lowest BCUT2D eigenvalue weighted by atomic mass is 10.4. The number of sulfonamides is 1. The highest BCUT2D eigenvalue weighted by molar-refractivity contribution is 7.89. The molecular formula is C12H21N3O4S. The van der Waals surface area contributed by atoms with Crippen molar-refractivity contribution in [2.75, 3.05) is 13.1 Å². The van der Waals surface area contributed by atoms with Crippen molar-refractivity contribution in [1.29, 1.82) is 0 Å². The van der Waals surface area contributed by atoms with Gasteiger partial charge in [-0.15, -0.1) is 0 Å². The largest absolute Gasteiger partial charge is 0.481 e. The van der Waals surface area contributed by atoms with Crippen LogP contribution in [-0.2, 0) is 21.4 Å². The number of carboxylic acid groups (broad SMARTS) is 1. The van der Waals surface area contributed by atoms with Gasteiger partial charge in [-0.05, 0) is 13.8 Å². The van der Waals surface area contributed by atoms with Gasteiger partial charge < -0.3 is 5.11 Å². The molecule has 1 N–H and O–H groups in total. The molecule has 0 amide bonds. The Balaban J connectivity index is 3.23. The minimum absolute atomic E-state index is 0.0906. The summed E-state index contributed by atoms with van der Waals surface area (Å²) in [6, 6.07) is 0. The minimum Gasteiger partial charge on any atom is -0.481 e. The molecule has 0 spiro atoms. The fourth-order valence-electron chi connectivity index (χ4n) is 2.17. The van der Waals surface area contributed by atoms with Crippen LogP contribution in [0.15, 0.2) is 4.90 Å². The van der Waals surface area contributed by atoms with Crippen molar-refractivity contribution in [2.24, 2.45) is 0 Å². The van der Waals surface area contributed by atoms with Crippen molar-refractivity contribution in [3.8, 4) is 0 Å². The highest BCUT2D eigenvalue weighted by Gasteiger charge is 2.29. The molecule has 0 aliphatic heterocycles. The van der Waals surface area contributed by atoms with Crippen molar-refractivity contribution in [1.82, 2.24) is 14.1 Å². The molecule has 20 heavy (non-hydrogen) atoms. The number of nitrogens with zero attached hydrogens (tertiary/aromatic N) is 3. The molecule has 0 saturated carbocycles. The first-order chi connectivity index (χ1) is 9.25. The maximum absolute atomic E-state index is 12.5. The minimum atomic E-state index is -3.58. The Labute approximate surface area is 119 Å². The Hall–Kier alpha value is -1.41. The van der Waals surface area contributed by atoms with Crippen LogP contribution in [0.3, 0.4) is 0 Å². The van der Waals surface area contributed by atoms with Gasteiger partial charge in [0.15, 0.2) is 0 Å². The smallest absolute Gasteiger partial charge is 0.305 e. The van der Waals surface area contributed by atoms with E-state index >= 15 is 0 Å². The summed E-state index contributed by atoms with van der Waals surface area (Å²) in [5, 5.41) is 12.8. The van der Waals surface area contributed by atoms with Gasteiger partial charge in [-0.1, -0.05) is 13.8 Å². The summed E-state index contributed by atoms with van der Waals surface area (Å²) in [6.45, 7) is 7.77. The second kappa shape index (κ2) is 6.36. The molecule has 0 fully saturated rings. The quantitative estimate of drug-likeness (QED) is 0.811. The first-order valence-electron chi connectivity index (χ1n) is 6.51. The van der Waals surface area contributed by atoms with Crippen molar-refractivity contribution in [3.05, 3.63) is 11.4 Å². The van der Waals surface area contributed by atoms with Crippen LogP contribution < -0.4 is 0 Å². The number of carbonyl (C=O) groups is 1. The van der Waals surface area contributed by atoms with E-state index in [2.05, 4.69) is 5.10 Å². The van der Waals surface area contributed by atoms with E-state index in [1.54, 1.807) is 27.7 Å². The van der Waals surface area contributed by atoms with Crippen LogP contribution in [-0.4, -0.2) is 46.7 Å². The van der Waals surface area contributed by atoms with Crippen molar-refractivity contribution in [2.45, 2.75) is 45.6 Å². The Morgan fingerprint density at radius 2 is 1.85 bits per heavy atom. The van der Waals surface area contributed by atoms with E-state index in [0.717, 1.165) is 0 Å². The molecule has 0 aliphatic rings. The Morgan fingerprint density at radius 1 is 1.30 bits per heavy atom. The van der Waals surface area contributed by atoms with Crippen molar-refractivity contribution in [3.63, 3.8) is 0 Å². The Morgan fingerprint density at radius 3 is 2.30 bits per heavy atom. The van der Waals surface area contributed by atoms with Crippen LogP contribution in [0, 0.1) is 13.8 Å². The average molecular weight is 303 g/mol. The van der Waals surface area contributed by atoms with Crippen molar-refractivity contribution >= 4 is 16.0 Å². The second-order valence-electron chi connectivity index (χ2n) is 4.46. The summed E-state index contributed by atoms with van der Waals surface area (Å²) >= 11 is 0. The topological polar surface area (TPSA) is 92.5 Å². The van der Waals surface area contributed by atoms with Gasteiger partial charge in [0.1, 0.15) is 4.90 Å². The molecule has 0 atom stereocenters. The summed E-state index contributed by atoms with van der Waals surface area (Å²) in [4.78, 5) is 10.8. The second-order valence-corrected chi connectivity index (χ2v) is 6.33. The summed E-state index contributed by atoms with van der Waals surface area (Å²) in [5.41, 5.74) is 0.885. The summed E-state index contributed by atoms with van der Waals surface area (Å²) in [6.07, 6.45) is -0.0906. The molecule has 1 aromatic heterocycles. The number of aliphatic carboxylic acids is 1. The van der Waals surface area contributed by atoms with Gasteiger partial charge >= 0.3 is 5.97 Å². The standard InChI is InChI=1S/C12H21N3O4S/c1-5-14(6-2)20(18,19)12-9(3)13-15(10(12)4)8-7-11(16)17/h5-8H2,1-4H3,(H,16,17). The molecule has 0 aromatic carbocycles. The number of aryl methyl sites for hydroxylation is 2. The van der Waals surface area contributed by atoms with E-state index < -0.39 is 16.0 Å². The lowest BCUT2D eigenvalue weighted by Gasteiger charge is -2.18. The van der Waals surface area contributed by atoms with Crippen LogP contribution in [0.5, 0.6) is 0 Å². The third kappa shape index (κ3) is 3.18. The van der Waals surface area contributed by atoms with E-state index in [-0.39, 0.29) is 17.9 Å². The normalized spacial score (nSPS) is 12.1. The molecule has 0 saturated heterocycles. The molecule has 1 aromatic rings. The highest BCUT2D eigenvalue weighted by atomic mass is 32.2. The fraction of sp³-hybridized carbons (Fsp3) is 0.667. The van der Waals surface area contributed by atoms with Crippen LogP contribution >= 0.6 is 0 Å². The van der Waals surface area contributed by atoms with Gasteiger partial charge in [-0.2, -0.15) is 9.40 Å². The number of rotatable bonds is 7. The van der Waals surface area contributed by atoms with Crippen molar-refractivity contribution < 1.29 is 18.3 Å². The molecule has 1 heterocycles. The zero-order chi connectivity index (χ0) is 15.5. The SMILES string of the molecule is CCN(CC)S(=O)(=O)c1c(C)nn(CCC(=O)O)c1C. The lowest BCUT2D eigenvalue weighted by Crippen LogP contribution is -2.31. The molecule has 1 rings (SSSR count). The number of carboxylic acids is 1. The molecule has 0 aliphatic carbocycles. The predicted octanol–water partition coefficient (Wildman–Crippen LogP) is 1.01. The predicted molar refractivity (Wildman–Crippen MR) is 74.1 cm³/mol. The molecule has 0 bridgehead atoms. The number of hydrogen-bond acceptors (Lipinski definition) is 4. The molecule has 114 valence electrons. The van der Waals surface area contributed by atoms with Gasteiger partial charge in [0.2, 0.25) is 10.0 Å². The maximum Gasteiger partial charge on any atom is 0.305 e. The van der Waals surface area contributed by atoms with E-state index in [1.807, 2.05) is 0 Å². The van der Waals surface area contributed by atoms with Gasteiger partial charge in [0.25, 0.3) is 0 Å². The third-order valence-electron chi connectivity index (χ3n) is 3.16. The fourth-order valence-corrected chi connectivity index (χ4v) is 4.00. The van der Waals surface area contributed by atoms with E-state index in [4.69, 9.17) is 5.11 Å². The van der Waals surface area contributed by atoms with E-state index in [0.29, 0.717) is 24.5 Å². The molecular weight excluding hydrogens is 282 g/mol. The maximum atomic E-state index is 12.5. The van der Waals surface area contributed by atoms with Crippen LogP contribution in [0.4, 0.5) is 0 Å². The van der Waals surface area contributed by atoms with Crippen LogP contribution in [0.25, 0.3) is 0 Å². The van der Waals surface area contributed by atoms with E-state index in [9.17, 15) is 13.2 Å². The number of hydrogen-bond donors (Lipinski definition) is 1. The monoisotopic (exact) mass is 303 g/mol. The van der Waals surface area contributed by atoms with Gasteiger partial charge in [-0.25, -0.2) is 8.42 Å². The first-order valence-corrected chi connectivity index (χ1v) is 7.95. The summed E-state index contributed by atoms with van der Waals surface area (Å²) in [5.74, 6) is -0.939. The zero-order valence-corrected chi connectivity index (χ0v) is 13.1. The van der Waals surface area contributed by atoms with Crippen LogP contribution in [0.2, 0.25) is 0 Å². The molecule has 7 nitrogen and oxygen atoms in total. The summed E-state index contributed by atoms with van der Waals surface area (Å²) in [7, 11) is -3.58. The Kier molecular flexibility index (Phi) is 5.29. The first kappa shape index (κ1) is 16.6. The zero-order valence-electron chi connectivity index (χ0n) is 12.3. The molecule has 0 unspecified atom stereocenters. The summed E-state index contributed by atoms with van der Waals surface area (Å²) < 4.78 is 27.9. The van der Waals surface area contributed by atoms with E-state index in [1.165, 1.54) is 8.99 Å².